The summed E-state index contributed by atoms with van der Waals surface area (Å²) in [5, 5.41) is 10.1. The average Bonchev–Trinajstić information content (AvgIpc) is 2.64. The zero-order valence-electron chi connectivity index (χ0n) is 10.7. The summed E-state index contributed by atoms with van der Waals surface area (Å²) >= 11 is 0. The molecule has 0 aromatic heterocycles. The van der Waals surface area contributed by atoms with Crippen LogP contribution in [0.25, 0.3) is 0 Å². The van der Waals surface area contributed by atoms with Crippen molar-refractivity contribution in [2.75, 3.05) is 14.2 Å². The first kappa shape index (κ1) is 12.3. The van der Waals surface area contributed by atoms with Gasteiger partial charge in [0, 0.05) is 27.1 Å². The molecule has 0 aromatic rings. The van der Waals surface area contributed by atoms with Crippen LogP contribution >= 0.6 is 0 Å². The second-order valence-corrected chi connectivity index (χ2v) is 5.52. The van der Waals surface area contributed by atoms with E-state index in [-0.39, 0.29) is 5.92 Å². The maximum absolute atomic E-state index is 10.1. The van der Waals surface area contributed by atoms with Crippen LogP contribution in [-0.2, 0) is 14.2 Å². The van der Waals surface area contributed by atoms with Crippen LogP contribution in [0.1, 0.15) is 33.6 Å². The van der Waals surface area contributed by atoms with Gasteiger partial charge in [0.2, 0.25) is 0 Å². The first-order valence-electron chi connectivity index (χ1n) is 5.84. The van der Waals surface area contributed by atoms with Gasteiger partial charge < -0.3 is 19.3 Å². The smallest absolute Gasteiger partial charge is 0.200 e. The Hall–Kier alpha value is -0.160. The predicted octanol–water partition coefficient (Wildman–Crippen LogP) is 1.31. The van der Waals surface area contributed by atoms with Crippen molar-refractivity contribution in [3.63, 3.8) is 0 Å². The molecule has 2 aliphatic heterocycles. The van der Waals surface area contributed by atoms with Gasteiger partial charge in [-0.05, 0) is 12.8 Å². The fourth-order valence-corrected chi connectivity index (χ4v) is 3.39. The number of ether oxygens (including phenoxy) is 3. The zero-order chi connectivity index (χ0) is 12.2. The van der Waals surface area contributed by atoms with E-state index in [1.807, 2.05) is 6.92 Å². The zero-order valence-corrected chi connectivity index (χ0v) is 10.7. The van der Waals surface area contributed by atoms with Crippen LogP contribution in [0.2, 0.25) is 0 Å². The average molecular weight is 230 g/mol. The third-order valence-corrected chi connectivity index (χ3v) is 4.44. The second kappa shape index (κ2) is 3.42. The van der Waals surface area contributed by atoms with E-state index in [0.29, 0.717) is 12.8 Å². The molecule has 0 radical (unpaired) electrons. The topological polar surface area (TPSA) is 47.9 Å². The number of methoxy groups -OCH3 is 2. The molecule has 0 spiro atoms. The summed E-state index contributed by atoms with van der Waals surface area (Å²) in [6.45, 7) is 6.09. The van der Waals surface area contributed by atoms with Gasteiger partial charge in [-0.3, -0.25) is 0 Å². The number of aliphatic hydroxyl groups is 1. The minimum Gasteiger partial charge on any atom is -0.390 e. The molecule has 2 heterocycles. The Bertz CT molecular complexity index is 283. The normalized spacial score (nSPS) is 45.6. The standard InChI is InChI=1S/C12H22O4/c1-8(2)11-6-9(13)10(3,16-11)7-12(11,14-4)15-5/h8-9,13H,6-7H2,1-5H3/t9-,10+,11-/m1/s1. The van der Waals surface area contributed by atoms with E-state index >= 15 is 0 Å². The Labute approximate surface area is 96.9 Å². The highest BCUT2D eigenvalue weighted by Gasteiger charge is 2.73. The second-order valence-electron chi connectivity index (χ2n) is 5.52. The van der Waals surface area contributed by atoms with E-state index < -0.39 is 23.1 Å². The number of rotatable bonds is 3. The van der Waals surface area contributed by atoms with Gasteiger partial charge in [-0.15, -0.1) is 0 Å². The van der Waals surface area contributed by atoms with Crippen molar-refractivity contribution in [3.05, 3.63) is 0 Å². The molecular formula is C12H22O4. The Kier molecular flexibility index (Phi) is 2.63. The van der Waals surface area contributed by atoms with Gasteiger partial charge in [0.15, 0.2) is 5.79 Å². The predicted molar refractivity (Wildman–Crippen MR) is 59.0 cm³/mol. The van der Waals surface area contributed by atoms with Crippen LogP contribution in [0.15, 0.2) is 0 Å². The van der Waals surface area contributed by atoms with E-state index in [9.17, 15) is 5.11 Å². The molecule has 0 amide bonds. The van der Waals surface area contributed by atoms with Crippen molar-refractivity contribution >= 4 is 0 Å². The molecule has 1 N–H and O–H groups in total. The molecule has 2 bridgehead atoms. The maximum atomic E-state index is 10.1. The van der Waals surface area contributed by atoms with Crippen molar-refractivity contribution in [2.45, 2.75) is 56.7 Å². The summed E-state index contributed by atoms with van der Waals surface area (Å²) in [6.07, 6.45) is 0.711. The molecule has 94 valence electrons. The summed E-state index contributed by atoms with van der Waals surface area (Å²) in [6, 6.07) is 0. The molecule has 16 heavy (non-hydrogen) atoms. The van der Waals surface area contributed by atoms with Gasteiger partial charge >= 0.3 is 0 Å². The van der Waals surface area contributed by atoms with E-state index in [4.69, 9.17) is 14.2 Å². The van der Waals surface area contributed by atoms with Crippen molar-refractivity contribution in [1.82, 2.24) is 0 Å². The van der Waals surface area contributed by atoms with Crippen LogP contribution in [-0.4, -0.2) is 42.4 Å². The Morgan fingerprint density at radius 3 is 2.25 bits per heavy atom. The monoisotopic (exact) mass is 230 g/mol. The van der Waals surface area contributed by atoms with E-state index in [1.165, 1.54) is 0 Å². The Balaban J connectivity index is 2.45. The summed E-state index contributed by atoms with van der Waals surface area (Å²) in [5.41, 5.74) is -1.08. The molecule has 0 aliphatic carbocycles. The highest BCUT2D eigenvalue weighted by Crippen LogP contribution is 2.60. The molecule has 0 aromatic carbocycles. The highest BCUT2D eigenvalue weighted by molar-refractivity contribution is 5.18. The van der Waals surface area contributed by atoms with Crippen LogP contribution in [0, 0.1) is 5.92 Å². The fraction of sp³-hybridized carbons (Fsp3) is 1.00. The van der Waals surface area contributed by atoms with E-state index in [0.717, 1.165) is 0 Å². The molecular weight excluding hydrogens is 208 g/mol. The van der Waals surface area contributed by atoms with Crippen LogP contribution in [0.3, 0.4) is 0 Å². The third kappa shape index (κ3) is 1.19. The first-order chi connectivity index (χ1) is 7.36. The number of fused-ring (bicyclic) bond motifs is 2. The lowest BCUT2D eigenvalue weighted by Crippen LogP contribution is -2.59. The molecule has 0 saturated carbocycles. The minimum absolute atomic E-state index is 0.228. The maximum Gasteiger partial charge on any atom is 0.200 e. The molecule has 4 nitrogen and oxygen atoms in total. The Morgan fingerprint density at radius 1 is 1.31 bits per heavy atom. The Morgan fingerprint density at radius 2 is 1.88 bits per heavy atom. The van der Waals surface area contributed by atoms with Crippen molar-refractivity contribution in [3.8, 4) is 0 Å². The molecule has 3 atom stereocenters. The lowest BCUT2D eigenvalue weighted by molar-refractivity contribution is -0.285. The third-order valence-electron chi connectivity index (χ3n) is 4.44. The number of hydrogen-bond acceptors (Lipinski definition) is 4. The van der Waals surface area contributed by atoms with Crippen molar-refractivity contribution in [2.24, 2.45) is 5.92 Å². The van der Waals surface area contributed by atoms with E-state index in [1.54, 1.807) is 14.2 Å². The van der Waals surface area contributed by atoms with Gasteiger partial charge in [0.25, 0.3) is 0 Å². The fourth-order valence-electron chi connectivity index (χ4n) is 3.39. The lowest BCUT2D eigenvalue weighted by Gasteiger charge is -2.45. The molecule has 4 heteroatoms. The van der Waals surface area contributed by atoms with Gasteiger partial charge in [-0.25, -0.2) is 0 Å². The van der Waals surface area contributed by atoms with Gasteiger partial charge in [-0.1, -0.05) is 13.8 Å². The van der Waals surface area contributed by atoms with Gasteiger partial charge in [-0.2, -0.15) is 0 Å². The van der Waals surface area contributed by atoms with Crippen molar-refractivity contribution in [1.29, 1.82) is 0 Å². The van der Waals surface area contributed by atoms with Crippen LogP contribution in [0.4, 0.5) is 0 Å². The van der Waals surface area contributed by atoms with Crippen LogP contribution in [0.5, 0.6) is 0 Å². The molecule has 0 unspecified atom stereocenters. The SMILES string of the molecule is COC1(OC)C[C@]2(C)O[C@@]1(C(C)C)C[C@H]2O. The molecule has 2 rings (SSSR count). The summed E-state index contributed by atoms with van der Waals surface area (Å²) in [4.78, 5) is 0. The van der Waals surface area contributed by atoms with E-state index in [2.05, 4.69) is 13.8 Å². The van der Waals surface area contributed by atoms with Gasteiger partial charge in [0.1, 0.15) is 5.60 Å². The largest absolute Gasteiger partial charge is 0.390 e. The minimum atomic E-state index is -0.727. The molecule has 2 aliphatic rings. The van der Waals surface area contributed by atoms with Crippen molar-refractivity contribution < 1.29 is 19.3 Å². The number of aliphatic hydroxyl groups excluding tert-OH is 1. The van der Waals surface area contributed by atoms with Gasteiger partial charge in [0.05, 0.1) is 11.7 Å². The van der Waals surface area contributed by atoms with Crippen LogP contribution < -0.4 is 0 Å². The lowest BCUT2D eigenvalue weighted by atomic mass is 9.71. The highest BCUT2D eigenvalue weighted by atomic mass is 16.7. The summed E-state index contributed by atoms with van der Waals surface area (Å²) < 4.78 is 17.3. The summed E-state index contributed by atoms with van der Waals surface area (Å²) in [7, 11) is 3.29. The molecule has 2 saturated heterocycles. The number of hydrogen-bond donors (Lipinski definition) is 1. The quantitative estimate of drug-likeness (QED) is 0.743. The summed E-state index contributed by atoms with van der Waals surface area (Å²) in [5.74, 6) is -0.499. The molecule has 2 fully saturated rings. The first-order valence-corrected chi connectivity index (χ1v) is 5.84.